The van der Waals surface area contributed by atoms with E-state index in [1.165, 1.54) is 12.8 Å². The third-order valence-electron chi connectivity index (χ3n) is 2.92. The molecule has 0 rings (SSSR count). The molecule has 0 spiro atoms. The van der Waals surface area contributed by atoms with E-state index in [-0.39, 0.29) is 0 Å². The van der Waals surface area contributed by atoms with Gasteiger partial charge in [0, 0.05) is 25.2 Å². The van der Waals surface area contributed by atoms with Gasteiger partial charge in [-0.1, -0.05) is 20.3 Å². The molecule has 3 nitrogen and oxygen atoms in total. The average Bonchev–Trinajstić information content (AvgIpc) is 2.16. The third kappa shape index (κ3) is 5.50. The van der Waals surface area contributed by atoms with Crippen molar-refractivity contribution in [2.45, 2.75) is 45.7 Å². The topological polar surface area (TPSA) is 32.5 Å². The minimum atomic E-state index is 0.551. The third-order valence-corrected chi connectivity index (χ3v) is 2.92. The van der Waals surface area contributed by atoms with Crippen molar-refractivity contribution in [3.8, 4) is 0 Å². The van der Waals surface area contributed by atoms with Crippen molar-refractivity contribution in [1.29, 1.82) is 0 Å². The molecule has 3 heteroatoms. The van der Waals surface area contributed by atoms with E-state index in [4.69, 9.17) is 5.73 Å². The van der Waals surface area contributed by atoms with Crippen LogP contribution in [0, 0.1) is 0 Å². The highest BCUT2D eigenvalue weighted by Crippen LogP contribution is 2.10. The van der Waals surface area contributed by atoms with Gasteiger partial charge in [-0.3, -0.25) is 4.90 Å². The van der Waals surface area contributed by atoms with E-state index in [0.717, 1.165) is 19.6 Å². The molecule has 0 saturated heterocycles. The Morgan fingerprint density at radius 1 is 1.20 bits per heavy atom. The number of nitrogens with zero attached hydrogens (tertiary/aromatic N) is 2. The molecule has 15 heavy (non-hydrogen) atoms. The van der Waals surface area contributed by atoms with Crippen molar-refractivity contribution in [3.05, 3.63) is 0 Å². The molecule has 2 unspecified atom stereocenters. The summed E-state index contributed by atoms with van der Waals surface area (Å²) in [6.45, 7) is 9.73. The highest BCUT2D eigenvalue weighted by atomic mass is 15.2. The van der Waals surface area contributed by atoms with Gasteiger partial charge in [0.1, 0.15) is 0 Å². The van der Waals surface area contributed by atoms with Crippen molar-refractivity contribution in [3.63, 3.8) is 0 Å². The summed E-state index contributed by atoms with van der Waals surface area (Å²) in [5.41, 5.74) is 5.85. The molecule has 0 fully saturated rings. The summed E-state index contributed by atoms with van der Waals surface area (Å²) in [4.78, 5) is 4.77. The molecular formula is C12H29N3. The maximum atomic E-state index is 5.85. The van der Waals surface area contributed by atoms with Crippen molar-refractivity contribution < 1.29 is 0 Å². The highest BCUT2D eigenvalue weighted by molar-refractivity contribution is 4.77. The van der Waals surface area contributed by atoms with E-state index in [1.807, 2.05) is 0 Å². The quantitative estimate of drug-likeness (QED) is 0.664. The molecule has 92 valence electrons. The molecule has 0 aliphatic heterocycles. The molecule has 0 aliphatic rings. The van der Waals surface area contributed by atoms with E-state index in [0.29, 0.717) is 12.1 Å². The molecule has 0 aliphatic carbocycles. The Bertz CT molecular complexity index is 148. The first-order valence-corrected chi connectivity index (χ1v) is 6.17. The fourth-order valence-corrected chi connectivity index (χ4v) is 2.32. The maximum absolute atomic E-state index is 5.85. The predicted octanol–water partition coefficient (Wildman–Crippen LogP) is 1.39. The molecule has 0 heterocycles. The van der Waals surface area contributed by atoms with Crippen LogP contribution in [0.2, 0.25) is 0 Å². The molecular weight excluding hydrogens is 186 g/mol. The Balaban J connectivity index is 4.28. The zero-order valence-electron chi connectivity index (χ0n) is 11.2. The largest absolute Gasteiger partial charge is 0.329 e. The van der Waals surface area contributed by atoms with Crippen LogP contribution >= 0.6 is 0 Å². The van der Waals surface area contributed by atoms with Crippen LogP contribution in [0.5, 0.6) is 0 Å². The molecule has 2 N–H and O–H groups in total. The van der Waals surface area contributed by atoms with Gasteiger partial charge in [-0.25, -0.2) is 0 Å². The van der Waals surface area contributed by atoms with E-state index in [9.17, 15) is 0 Å². The lowest BCUT2D eigenvalue weighted by Gasteiger charge is -2.36. The molecule has 0 amide bonds. The highest BCUT2D eigenvalue weighted by Gasteiger charge is 2.20. The van der Waals surface area contributed by atoms with Gasteiger partial charge in [-0.15, -0.1) is 0 Å². The van der Waals surface area contributed by atoms with Gasteiger partial charge in [0.15, 0.2) is 0 Å². The van der Waals surface area contributed by atoms with Gasteiger partial charge in [0.2, 0.25) is 0 Å². The fourth-order valence-electron chi connectivity index (χ4n) is 2.32. The molecule has 0 aromatic rings. The summed E-state index contributed by atoms with van der Waals surface area (Å²) in [5, 5.41) is 0. The predicted molar refractivity (Wildman–Crippen MR) is 68.1 cm³/mol. The van der Waals surface area contributed by atoms with Crippen molar-refractivity contribution in [1.82, 2.24) is 9.80 Å². The second-order valence-electron chi connectivity index (χ2n) is 4.62. The van der Waals surface area contributed by atoms with Gasteiger partial charge in [0.05, 0.1) is 0 Å². The number of nitrogens with two attached hydrogens (primary N) is 1. The summed E-state index contributed by atoms with van der Waals surface area (Å²) in [7, 11) is 4.25. The Labute approximate surface area is 95.6 Å². The van der Waals surface area contributed by atoms with Crippen LogP contribution in [0.1, 0.15) is 33.6 Å². The van der Waals surface area contributed by atoms with Crippen LogP contribution < -0.4 is 5.73 Å². The summed E-state index contributed by atoms with van der Waals surface area (Å²) in [5.74, 6) is 0. The van der Waals surface area contributed by atoms with Crippen LogP contribution in [0.4, 0.5) is 0 Å². The SMILES string of the molecule is CCCC(CN)N(CC)C(C)CN(C)C. The Morgan fingerprint density at radius 3 is 2.13 bits per heavy atom. The number of likely N-dealkylation sites (N-methyl/N-ethyl adjacent to an activating group) is 2. The van der Waals surface area contributed by atoms with Gasteiger partial charge in [0.25, 0.3) is 0 Å². The van der Waals surface area contributed by atoms with Crippen LogP contribution in [-0.4, -0.2) is 55.6 Å². The molecule has 0 radical (unpaired) electrons. The van der Waals surface area contributed by atoms with Crippen LogP contribution in [0.15, 0.2) is 0 Å². The molecule has 0 bridgehead atoms. The fraction of sp³-hybridized carbons (Fsp3) is 1.00. The van der Waals surface area contributed by atoms with Gasteiger partial charge in [-0.2, -0.15) is 0 Å². The standard InChI is InChI=1S/C12H29N3/c1-6-8-12(9-13)15(7-2)11(3)10-14(4)5/h11-12H,6-10,13H2,1-5H3. The normalized spacial score (nSPS) is 16.0. The Morgan fingerprint density at radius 2 is 1.80 bits per heavy atom. The molecule has 0 aromatic carbocycles. The second kappa shape index (κ2) is 8.08. The Hall–Kier alpha value is -0.120. The van der Waals surface area contributed by atoms with Crippen LogP contribution in [-0.2, 0) is 0 Å². The minimum Gasteiger partial charge on any atom is -0.329 e. The number of hydrogen-bond donors (Lipinski definition) is 1. The van der Waals surface area contributed by atoms with Gasteiger partial charge in [-0.05, 0) is 34.0 Å². The first-order valence-electron chi connectivity index (χ1n) is 6.17. The lowest BCUT2D eigenvalue weighted by molar-refractivity contribution is 0.124. The first kappa shape index (κ1) is 14.9. The Kier molecular flexibility index (Phi) is 8.02. The lowest BCUT2D eigenvalue weighted by atomic mass is 10.1. The van der Waals surface area contributed by atoms with E-state index in [1.54, 1.807) is 0 Å². The summed E-state index contributed by atoms with van der Waals surface area (Å²) in [6, 6.07) is 1.14. The van der Waals surface area contributed by atoms with Crippen LogP contribution in [0.3, 0.4) is 0 Å². The van der Waals surface area contributed by atoms with E-state index < -0.39 is 0 Å². The summed E-state index contributed by atoms with van der Waals surface area (Å²) < 4.78 is 0. The number of rotatable bonds is 8. The smallest absolute Gasteiger partial charge is 0.0221 e. The molecule has 2 atom stereocenters. The van der Waals surface area contributed by atoms with Gasteiger partial charge >= 0.3 is 0 Å². The molecule has 0 saturated carbocycles. The van der Waals surface area contributed by atoms with Gasteiger partial charge < -0.3 is 10.6 Å². The van der Waals surface area contributed by atoms with Crippen molar-refractivity contribution >= 4 is 0 Å². The zero-order chi connectivity index (χ0) is 11.8. The average molecular weight is 215 g/mol. The number of hydrogen-bond acceptors (Lipinski definition) is 3. The zero-order valence-corrected chi connectivity index (χ0v) is 11.2. The van der Waals surface area contributed by atoms with Crippen molar-refractivity contribution in [2.75, 3.05) is 33.7 Å². The molecule has 0 aromatic heterocycles. The van der Waals surface area contributed by atoms with Crippen molar-refractivity contribution in [2.24, 2.45) is 5.73 Å². The summed E-state index contributed by atoms with van der Waals surface area (Å²) >= 11 is 0. The van der Waals surface area contributed by atoms with Crippen LogP contribution in [0.25, 0.3) is 0 Å². The minimum absolute atomic E-state index is 0.551. The monoisotopic (exact) mass is 215 g/mol. The van der Waals surface area contributed by atoms with E-state index >= 15 is 0 Å². The maximum Gasteiger partial charge on any atom is 0.0221 e. The lowest BCUT2D eigenvalue weighted by Crippen LogP contribution is -2.48. The van der Waals surface area contributed by atoms with E-state index in [2.05, 4.69) is 44.7 Å². The first-order chi connectivity index (χ1) is 7.06. The second-order valence-corrected chi connectivity index (χ2v) is 4.62. The summed E-state index contributed by atoms with van der Waals surface area (Å²) in [6.07, 6.45) is 2.43.